The molecule has 1 saturated heterocycles. The molecule has 208 valence electrons. The number of hydrogen-bond acceptors (Lipinski definition) is 9. The van der Waals surface area contributed by atoms with Gasteiger partial charge in [-0.1, -0.05) is 36.4 Å². The Morgan fingerprint density at radius 3 is 2.79 bits per heavy atom. The highest BCUT2D eigenvalue weighted by atomic mass is 31.2. The zero-order valence-corrected chi connectivity index (χ0v) is 22.3. The van der Waals surface area contributed by atoms with Crippen molar-refractivity contribution in [2.24, 2.45) is 4.95 Å². The molecular weight excluding hydrogens is 529 g/mol. The van der Waals surface area contributed by atoms with Gasteiger partial charge in [0.15, 0.2) is 29.5 Å². The molecule has 14 nitrogen and oxygen atoms in total. The number of carbonyl (C=O) groups is 1. The van der Waals surface area contributed by atoms with Crippen LogP contribution in [0, 0.1) is 4.91 Å². The number of aromatic nitrogens is 4. The summed E-state index contributed by atoms with van der Waals surface area (Å²) < 4.78 is 31.9. The number of nitrogens with zero attached hydrogens (tertiary/aromatic N) is 5. The zero-order valence-electron chi connectivity index (χ0n) is 21.4. The lowest BCUT2D eigenvalue weighted by molar-refractivity contribution is -0.239. The second-order valence-corrected chi connectivity index (χ2v) is 10.7. The molecule has 0 aliphatic carbocycles. The number of nitroso groups, excluding NO2 is 1. The van der Waals surface area contributed by atoms with Crippen molar-refractivity contribution in [1.29, 1.82) is 0 Å². The summed E-state index contributed by atoms with van der Waals surface area (Å²) in [6.07, 6.45) is 3.20. The summed E-state index contributed by atoms with van der Waals surface area (Å²) in [4.78, 5) is 47.8. The third-order valence-corrected chi connectivity index (χ3v) is 7.02. The normalized spacial score (nSPS) is 23.6. The first-order chi connectivity index (χ1) is 18.8. The minimum Gasteiger partial charge on any atom is -0.350 e. The number of anilines is 1. The van der Waals surface area contributed by atoms with Gasteiger partial charge in [0.1, 0.15) is 6.33 Å². The molecule has 2 aromatic heterocycles. The monoisotopic (exact) mass is 559 g/mol. The minimum atomic E-state index is -4.20. The first-order valence-electron chi connectivity index (χ1n) is 12.3. The second-order valence-electron chi connectivity index (χ2n) is 8.73. The van der Waals surface area contributed by atoms with E-state index >= 15 is 0 Å². The fraction of sp³-hybridized carbons (Fsp3) is 0.417. The number of hydrogen-bond donors (Lipinski definition) is 3. The van der Waals surface area contributed by atoms with Crippen molar-refractivity contribution in [1.82, 2.24) is 24.8 Å². The van der Waals surface area contributed by atoms with E-state index in [-0.39, 0.29) is 25.0 Å². The molecule has 3 heterocycles. The van der Waals surface area contributed by atoms with Crippen LogP contribution in [0.2, 0.25) is 0 Å². The molecule has 0 bridgehead atoms. The molecule has 2 amide bonds. The van der Waals surface area contributed by atoms with Gasteiger partial charge in [-0.05, 0) is 31.9 Å². The van der Waals surface area contributed by atoms with Crippen molar-refractivity contribution in [3.8, 4) is 0 Å². The van der Waals surface area contributed by atoms with E-state index in [9.17, 15) is 19.2 Å². The fourth-order valence-electron chi connectivity index (χ4n) is 3.97. The highest BCUT2D eigenvalue weighted by Crippen LogP contribution is 2.43. The van der Waals surface area contributed by atoms with Gasteiger partial charge in [-0.15, -0.1) is 4.91 Å². The van der Waals surface area contributed by atoms with Crippen LogP contribution in [-0.2, 0) is 18.8 Å². The van der Waals surface area contributed by atoms with Crippen molar-refractivity contribution < 1.29 is 28.5 Å². The van der Waals surface area contributed by atoms with Crippen LogP contribution in [0.4, 0.5) is 10.6 Å². The summed E-state index contributed by atoms with van der Waals surface area (Å²) in [5, 5.41) is 5.28. The SMILES string of the molecule is CCNC(=O)Nc1ncnc2c1ncn2[C@H]1CO[C@@H](/C=C/c2ccccc2)OC(C)[C@@H](CCP(=O)(O)N=O)O1. The van der Waals surface area contributed by atoms with E-state index in [1.807, 2.05) is 36.4 Å². The Hall–Kier alpha value is -3.55. The van der Waals surface area contributed by atoms with Gasteiger partial charge in [0, 0.05) is 11.5 Å². The third-order valence-electron chi connectivity index (χ3n) is 5.92. The molecule has 1 fully saturated rings. The lowest BCUT2D eigenvalue weighted by atomic mass is 10.1. The third kappa shape index (κ3) is 7.52. The van der Waals surface area contributed by atoms with Crippen LogP contribution in [0.25, 0.3) is 17.2 Å². The van der Waals surface area contributed by atoms with E-state index in [1.54, 1.807) is 24.5 Å². The Morgan fingerprint density at radius 2 is 2.05 bits per heavy atom. The highest BCUT2D eigenvalue weighted by Gasteiger charge is 2.33. The lowest BCUT2D eigenvalue weighted by Crippen LogP contribution is -2.40. The number of nitrogens with one attached hydrogen (secondary N) is 2. The molecule has 1 aliphatic rings. The number of benzene rings is 1. The molecule has 39 heavy (non-hydrogen) atoms. The van der Waals surface area contributed by atoms with E-state index in [0.29, 0.717) is 17.7 Å². The van der Waals surface area contributed by atoms with Gasteiger partial charge in [0.25, 0.3) is 0 Å². The van der Waals surface area contributed by atoms with Crippen LogP contribution in [0.15, 0.2) is 54.0 Å². The van der Waals surface area contributed by atoms with Crippen LogP contribution in [0.3, 0.4) is 0 Å². The summed E-state index contributed by atoms with van der Waals surface area (Å²) in [6, 6.07) is 9.18. The smallest absolute Gasteiger partial charge is 0.350 e. The number of ether oxygens (including phenoxy) is 3. The lowest BCUT2D eigenvalue weighted by Gasteiger charge is -2.35. The first kappa shape index (κ1) is 28.5. The van der Waals surface area contributed by atoms with Gasteiger partial charge in [-0.25, -0.2) is 19.7 Å². The standard InChI is InChI=1S/C24H30N7O7P/c1-3-25-24(32)29-22-21-23(27-14-26-22)31(15-28-21)19-13-36-20(10-9-17-7-5-4-6-8-17)37-16(2)18(38-19)11-12-39(34,35)30-33/h4-10,14-16,18-20H,3,11-13H2,1-2H3,(H,34,35)(H2,25,26,27,29,32)/b10-9+/t16?,18-,19-,20-/m1/s1. The van der Waals surface area contributed by atoms with E-state index in [0.717, 1.165) is 5.56 Å². The van der Waals surface area contributed by atoms with Gasteiger partial charge >= 0.3 is 13.6 Å². The summed E-state index contributed by atoms with van der Waals surface area (Å²) in [6.45, 7) is 3.98. The number of carbonyl (C=O) groups excluding carboxylic acids is 1. The molecule has 15 heteroatoms. The maximum Gasteiger partial charge on any atom is 0.350 e. The fourth-order valence-corrected chi connectivity index (χ4v) is 4.65. The van der Waals surface area contributed by atoms with Crippen LogP contribution < -0.4 is 10.6 Å². The van der Waals surface area contributed by atoms with E-state index < -0.39 is 38.3 Å². The molecule has 0 radical (unpaired) electrons. The van der Waals surface area contributed by atoms with Gasteiger partial charge < -0.3 is 24.4 Å². The van der Waals surface area contributed by atoms with Gasteiger partial charge in [0.2, 0.25) is 0 Å². The predicted molar refractivity (Wildman–Crippen MR) is 143 cm³/mol. The molecule has 3 N–H and O–H groups in total. The number of urea groups is 1. The summed E-state index contributed by atoms with van der Waals surface area (Å²) in [5.41, 5.74) is 1.66. The number of amides is 2. The number of fused-ring (bicyclic) bond motifs is 1. The minimum absolute atomic E-state index is 0.00424. The zero-order chi connectivity index (χ0) is 27.8. The first-order valence-corrected chi connectivity index (χ1v) is 14.1. The Balaban J connectivity index is 1.62. The highest BCUT2D eigenvalue weighted by molar-refractivity contribution is 7.56. The van der Waals surface area contributed by atoms with E-state index in [1.165, 1.54) is 12.7 Å². The molecule has 4 rings (SSSR count). The Labute approximate surface area is 224 Å². The quantitative estimate of drug-likeness (QED) is 0.259. The number of imidazole rings is 1. The van der Waals surface area contributed by atoms with Crippen molar-refractivity contribution in [2.75, 3.05) is 24.6 Å². The van der Waals surface area contributed by atoms with Crippen LogP contribution in [-0.4, -0.2) is 68.3 Å². The van der Waals surface area contributed by atoms with E-state index in [2.05, 4.69) is 30.5 Å². The topological polar surface area (TPSA) is 179 Å². The molecule has 5 atom stereocenters. The molecule has 1 aromatic carbocycles. The number of rotatable bonds is 9. The average Bonchev–Trinajstić information content (AvgIpc) is 3.36. The molecular formula is C24H30N7O7P. The maximum absolute atomic E-state index is 12.0. The molecule has 0 saturated carbocycles. The Kier molecular flexibility index (Phi) is 9.49. The van der Waals surface area contributed by atoms with Crippen molar-refractivity contribution in [2.45, 2.75) is 45.0 Å². The average molecular weight is 560 g/mol. The summed E-state index contributed by atoms with van der Waals surface area (Å²) in [5.74, 6) is 0.215. The van der Waals surface area contributed by atoms with Crippen molar-refractivity contribution >= 4 is 36.6 Å². The van der Waals surface area contributed by atoms with Crippen molar-refractivity contribution in [3.05, 3.63) is 59.5 Å². The van der Waals surface area contributed by atoms with Crippen LogP contribution >= 0.6 is 7.52 Å². The van der Waals surface area contributed by atoms with Gasteiger partial charge in [0.05, 0.1) is 31.3 Å². The summed E-state index contributed by atoms with van der Waals surface area (Å²) in [7, 11) is -4.20. The predicted octanol–water partition coefficient (Wildman–Crippen LogP) is 3.67. The van der Waals surface area contributed by atoms with Gasteiger partial charge in [-0.2, -0.15) is 0 Å². The van der Waals surface area contributed by atoms with Crippen molar-refractivity contribution in [3.63, 3.8) is 0 Å². The Bertz CT molecular complexity index is 1350. The Morgan fingerprint density at radius 1 is 1.26 bits per heavy atom. The molecule has 2 unspecified atom stereocenters. The van der Waals surface area contributed by atoms with Gasteiger partial charge in [-0.3, -0.25) is 14.4 Å². The van der Waals surface area contributed by atoms with Crippen LogP contribution in [0.1, 0.15) is 32.1 Å². The molecule has 0 spiro atoms. The van der Waals surface area contributed by atoms with Crippen LogP contribution in [0.5, 0.6) is 0 Å². The molecule has 1 aliphatic heterocycles. The summed E-state index contributed by atoms with van der Waals surface area (Å²) >= 11 is 0. The molecule has 3 aromatic rings. The van der Waals surface area contributed by atoms with E-state index in [4.69, 9.17) is 14.2 Å². The maximum atomic E-state index is 12.0. The largest absolute Gasteiger partial charge is 0.350 e. The second kappa shape index (κ2) is 13.0.